The fourth-order valence-corrected chi connectivity index (χ4v) is 8.71. The monoisotopic (exact) mass is 670 g/mol. The minimum Gasteiger partial charge on any atom is -0.508 e. The minimum atomic E-state index is -0.951. The molecule has 49 heavy (non-hydrogen) atoms. The third-order valence-corrected chi connectivity index (χ3v) is 11.0. The molecule has 2 aromatic heterocycles. The molecular formula is C36H33F3N6O4. The number of rotatable bonds is 6. The Balaban J connectivity index is 1.16. The number of ether oxygens (including phenoxy) is 2. The highest BCUT2D eigenvalue weighted by Gasteiger charge is 2.50. The molecule has 5 fully saturated rings. The number of hydrogen-bond acceptors (Lipinski definition) is 9. The quantitative estimate of drug-likeness (QED) is 0.237. The topological polar surface area (TPSA) is 107 Å². The SMILES string of the molecule is C#Cc1c(F)ccc2cc(O)cc(-c3ncc4c(N5CC6CCC(C5)N6C(=O)[C@H]5CO5)nc(OC[C@@]56CCCN5C[C@H](F)C6)nc4c3F)c12. The van der Waals surface area contributed by atoms with Crippen molar-refractivity contribution in [3.05, 3.63) is 47.7 Å². The van der Waals surface area contributed by atoms with Gasteiger partial charge in [0, 0.05) is 55.3 Å². The average Bonchev–Trinajstić information content (AvgIpc) is 3.73. The highest BCUT2D eigenvalue weighted by Crippen LogP contribution is 2.43. The average molecular weight is 671 g/mol. The summed E-state index contributed by atoms with van der Waals surface area (Å²) in [6, 6.07) is 5.20. The fourth-order valence-electron chi connectivity index (χ4n) is 8.71. The molecule has 10 nitrogen and oxygen atoms in total. The number of carbonyl (C=O) groups is 1. The molecule has 2 aromatic carbocycles. The highest BCUT2D eigenvalue weighted by molar-refractivity contribution is 6.03. The summed E-state index contributed by atoms with van der Waals surface area (Å²) in [5.41, 5.74) is -0.705. The molecule has 0 spiro atoms. The Morgan fingerprint density at radius 2 is 1.96 bits per heavy atom. The Hall–Kier alpha value is -4.67. The van der Waals surface area contributed by atoms with Gasteiger partial charge in [-0.05, 0) is 55.8 Å². The highest BCUT2D eigenvalue weighted by atomic mass is 19.1. The number of aromatic nitrogens is 3. The van der Waals surface area contributed by atoms with E-state index in [-0.39, 0.29) is 70.2 Å². The predicted molar refractivity (Wildman–Crippen MR) is 174 cm³/mol. The molecule has 5 aliphatic rings. The van der Waals surface area contributed by atoms with Crippen LogP contribution in [-0.2, 0) is 9.53 Å². The first kappa shape index (κ1) is 30.4. The number of benzene rings is 2. The van der Waals surface area contributed by atoms with Crippen LogP contribution in [0.5, 0.6) is 11.8 Å². The van der Waals surface area contributed by atoms with Gasteiger partial charge < -0.3 is 24.4 Å². The lowest BCUT2D eigenvalue weighted by Gasteiger charge is -2.41. The van der Waals surface area contributed by atoms with Gasteiger partial charge in [-0.2, -0.15) is 9.97 Å². The number of alkyl halides is 1. The van der Waals surface area contributed by atoms with Crippen LogP contribution in [0.25, 0.3) is 32.9 Å². The van der Waals surface area contributed by atoms with Crippen LogP contribution in [0.3, 0.4) is 0 Å². The summed E-state index contributed by atoms with van der Waals surface area (Å²) in [5, 5.41) is 11.6. The number of nitrogens with zero attached hydrogens (tertiary/aromatic N) is 6. The summed E-state index contributed by atoms with van der Waals surface area (Å²) in [4.78, 5) is 33.0. The molecule has 1 N–H and O–H groups in total. The number of halogens is 3. The van der Waals surface area contributed by atoms with Gasteiger partial charge >= 0.3 is 6.01 Å². The van der Waals surface area contributed by atoms with Gasteiger partial charge in [0.25, 0.3) is 5.91 Å². The number of hydrogen-bond donors (Lipinski definition) is 1. The zero-order chi connectivity index (χ0) is 33.6. The third-order valence-electron chi connectivity index (χ3n) is 11.0. The summed E-state index contributed by atoms with van der Waals surface area (Å²) < 4.78 is 57.9. The number of fused-ring (bicyclic) bond motifs is 5. The molecule has 9 rings (SSSR count). The van der Waals surface area contributed by atoms with Crippen LogP contribution in [0.4, 0.5) is 19.0 Å². The van der Waals surface area contributed by atoms with Crippen LogP contribution in [0, 0.1) is 24.0 Å². The van der Waals surface area contributed by atoms with Crippen LogP contribution < -0.4 is 9.64 Å². The van der Waals surface area contributed by atoms with Crippen LogP contribution in [0.1, 0.15) is 37.7 Å². The second-order valence-electron chi connectivity index (χ2n) is 13.9. The Morgan fingerprint density at radius 1 is 1.16 bits per heavy atom. The summed E-state index contributed by atoms with van der Waals surface area (Å²) in [7, 11) is 0. The summed E-state index contributed by atoms with van der Waals surface area (Å²) in [6.07, 6.45) is 9.53. The molecule has 4 aromatic rings. The molecule has 2 unspecified atom stereocenters. The van der Waals surface area contributed by atoms with Gasteiger partial charge in [-0.25, -0.2) is 13.2 Å². The molecule has 13 heteroatoms. The first-order valence-electron chi connectivity index (χ1n) is 16.7. The van der Waals surface area contributed by atoms with Gasteiger partial charge in [-0.3, -0.25) is 14.7 Å². The van der Waals surface area contributed by atoms with E-state index in [1.807, 2.05) is 9.80 Å². The zero-order valence-electron chi connectivity index (χ0n) is 26.5. The summed E-state index contributed by atoms with van der Waals surface area (Å²) in [6.45, 7) is 2.66. The molecular weight excluding hydrogens is 637 g/mol. The van der Waals surface area contributed by atoms with Crippen molar-refractivity contribution < 1.29 is 32.5 Å². The van der Waals surface area contributed by atoms with Gasteiger partial charge in [0.2, 0.25) is 0 Å². The number of pyridine rings is 1. The molecule has 0 radical (unpaired) electrons. The molecule has 5 atom stereocenters. The molecule has 5 saturated heterocycles. The van der Waals surface area contributed by atoms with E-state index in [1.165, 1.54) is 30.5 Å². The van der Waals surface area contributed by atoms with Gasteiger partial charge in [0.05, 0.1) is 23.1 Å². The third kappa shape index (κ3) is 4.87. The largest absolute Gasteiger partial charge is 0.508 e. The lowest BCUT2D eigenvalue weighted by Crippen LogP contribution is -2.57. The number of amides is 1. The molecule has 1 amide bonds. The van der Waals surface area contributed by atoms with E-state index < -0.39 is 23.3 Å². The normalized spacial score (nSPS) is 27.6. The Labute approximate surface area is 279 Å². The van der Waals surface area contributed by atoms with Crippen molar-refractivity contribution in [1.29, 1.82) is 0 Å². The number of phenols is 1. The van der Waals surface area contributed by atoms with Gasteiger partial charge in [0.1, 0.15) is 41.4 Å². The standard InChI is InChI=1S/C36H33F3N6O4/c1-2-24-27(38)7-4-19-10-23(46)11-25(29(19)24)31-30(39)32-26(13-40-31)33(43-15-21-5-6-22(16-43)45(21)34(47)28-17-48-28)42-35(41-32)49-18-36-8-3-9-44(36)14-20(37)12-36/h1,4,7,10-11,13,20-22,28,46H,3,5-6,8-9,12,14-18H2/t20-,21?,22?,28-,36+/m1/s1. The van der Waals surface area contributed by atoms with Gasteiger partial charge in [0.15, 0.2) is 11.9 Å². The van der Waals surface area contributed by atoms with E-state index in [2.05, 4.69) is 20.8 Å². The van der Waals surface area contributed by atoms with Crippen molar-refractivity contribution in [1.82, 2.24) is 24.8 Å². The Morgan fingerprint density at radius 3 is 2.71 bits per heavy atom. The van der Waals surface area contributed by atoms with Crippen molar-refractivity contribution in [2.75, 3.05) is 44.3 Å². The number of anilines is 1. The van der Waals surface area contributed by atoms with Gasteiger partial charge in [-0.15, -0.1) is 6.42 Å². The van der Waals surface area contributed by atoms with E-state index in [4.69, 9.17) is 20.9 Å². The zero-order valence-corrected chi connectivity index (χ0v) is 26.5. The van der Waals surface area contributed by atoms with Crippen LogP contribution >= 0.6 is 0 Å². The lowest BCUT2D eigenvalue weighted by molar-refractivity contribution is -0.135. The smallest absolute Gasteiger partial charge is 0.319 e. The fraction of sp³-hybridized carbons (Fsp3) is 0.444. The lowest BCUT2D eigenvalue weighted by atomic mass is 9.95. The maximum atomic E-state index is 16.9. The van der Waals surface area contributed by atoms with Crippen LogP contribution in [0.2, 0.25) is 0 Å². The molecule has 7 heterocycles. The second-order valence-corrected chi connectivity index (χ2v) is 13.9. The first-order chi connectivity index (χ1) is 23.7. The number of carbonyl (C=O) groups excluding carboxylic acids is 1. The van der Waals surface area contributed by atoms with Crippen LogP contribution in [0.15, 0.2) is 30.5 Å². The number of epoxide rings is 1. The maximum Gasteiger partial charge on any atom is 0.319 e. The van der Waals surface area contributed by atoms with Crippen molar-refractivity contribution in [2.24, 2.45) is 0 Å². The van der Waals surface area contributed by atoms with E-state index in [0.29, 0.717) is 49.3 Å². The minimum absolute atomic E-state index is 0.00490. The predicted octanol–water partition coefficient (Wildman–Crippen LogP) is 4.34. The number of aromatic hydroxyl groups is 1. The molecule has 0 aliphatic carbocycles. The summed E-state index contributed by atoms with van der Waals surface area (Å²) >= 11 is 0. The number of phenolic OH excluding ortho intramolecular Hbond substituents is 1. The molecule has 2 bridgehead atoms. The Kier molecular flexibility index (Phi) is 6.94. The van der Waals surface area contributed by atoms with E-state index in [9.17, 15) is 18.7 Å². The number of piperazine rings is 1. The van der Waals surface area contributed by atoms with Crippen LogP contribution in [-0.4, -0.2) is 105 Å². The van der Waals surface area contributed by atoms with Crippen molar-refractivity contribution in [3.63, 3.8) is 0 Å². The maximum absolute atomic E-state index is 16.9. The van der Waals surface area contributed by atoms with E-state index >= 15 is 4.39 Å². The van der Waals surface area contributed by atoms with Crippen molar-refractivity contribution in [3.8, 4) is 35.4 Å². The summed E-state index contributed by atoms with van der Waals surface area (Å²) in [5.74, 6) is 1.12. The van der Waals surface area contributed by atoms with Gasteiger partial charge in [-0.1, -0.05) is 12.0 Å². The number of terminal acetylenes is 1. The second kappa shape index (κ2) is 11.2. The molecule has 0 saturated carbocycles. The first-order valence-corrected chi connectivity index (χ1v) is 16.7. The van der Waals surface area contributed by atoms with Crippen molar-refractivity contribution >= 4 is 33.4 Å². The van der Waals surface area contributed by atoms with E-state index in [0.717, 1.165) is 32.2 Å². The Bertz CT molecular complexity index is 2070. The molecule has 252 valence electrons. The van der Waals surface area contributed by atoms with Crippen molar-refractivity contribution in [2.45, 2.75) is 62.0 Å². The van der Waals surface area contributed by atoms with E-state index in [1.54, 1.807) is 0 Å². The molecule has 5 aliphatic heterocycles.